The fourth-order valence-electron chi connectivity index (χ4n) is 3.47. The number of hydrogen-bond acceptors (Lipinski definition) is 3. The second-order valence-electron chi connectivity index (χ2n) is 6.28. The Morgan fingerprint density at radius 3 is 2.91 bits per heavy atom. The Morgan fingerprint density at radius 1 is 1.36 bits per heavy atom. The Hall–Kier alpha value is -1.10. The second-order valence-corrected chi connectivity index (χ2v) is 6.69. The first kappa shape index (κ1) is 15.8. The topological polar surface area (TPSA) is 55.6 Å². The molecule has 2 aliphatic rings. The highest BCUT2D eigenvalue weighted by Crippen LogP contribution is 2.30. The molecular formula is C17H23ClN2O2. The maximum absolute atomic E-state index is 12.5. The van der Waals surface area contributed by atoms with E-state index in [2.05, 4.69) is 0 Å². The summed E-state index contributed by atoms with van der Waals surface area (Å²) in [5, 5.41) is 0.694. The van der Waals surface area contributed by atoms with Gasteiger partial charge < -0.3 is 15.4 Å². The van der Waals surface area contributed by atoms with Crippen LogP contribution in [0.25, 0.3) is 0 Å². The Morgan fingerprint density at radius 2 is 2.18 bits per heavy atom. The van der Waals surface area contributed by atoms with Gasteiger partial charge in [-0.1, -0.05) is 36.2 Å². The molecule has 4 nitrogen and oxygen atoms in total. The van der Waals surface area contributed by atoms with Gasteiger partial charge in [0.15, 0.2) is 0 Å². The minimum absolute atomic E-state index is 0.136. The van der Waals surface area contributed by atoms with Crippen LogP contribution in [0.2, 0.25) is 5.02 Å². The van der Waals surface area contributed by atoms with Gasteiger partial charge in [-0.25, -0.2) is 0 Å². The van der Waals surface area contributed by atoms with Crippen LogP contribution in [0.3, 0.4) is 0 Å². The van der Waals surface area contributed by atoms with Crippen LogP contribution in [-0.4, -0.2) is 36.5 Å². The molecule has 1 saturated carbocycles. The summed E-state index contributed by atoms with van der Waals surface area (Å²) < 4.78 is 5.81. The predicted octanol–water partition coefficient (Wildman–Crippen LogP) is 2.76. The molecule has 0 spiro atoms. The average Bonchev–Trinajstić information content (AvgIpc) is 2.93. The number of ether oxygens (including phenoxy) is 1. The normalized spacial score (nSPS) is 28.8. The maximum Gasteiger partial charge on any atom is 0.223 e. The number of benzene rings is 1. The van der Waals surface area contributed by atoms with Crippen LogP contribution in [0.15, 0.2) is 24.3 Å². The highest BCUT2D eigenvalue weighted by Gasteiger charge is 2.31. The summed E-state index contributed by atoms with van der Waals surface area (Å²) in [6, 6.07) is 7.86. The summed E-state index contributed by atoms with van der Waals surface area (Å²) >= 11 is 6.24. The number of rotatable bonds is 3. The Kier molecular flexibility index (Phi) is 5.01. The van der Waals surface area contributed by atoms with Gasteiger partial charge in [0.1, 0.15) is 6.10 Å². The molecule has 1 heterocycles. The molecule has 1 aliphatic heterocycles. The Bertz CT molecular complexity index is 537. The number of carbonyl (C=O) groups is 1. The zero-order valence-corrected chi connectivity index (χ0v) is 13.5. The molecule has 1 saturated heterocycles. The molecule has 22 heavy (non-hydrogen) atoms. The van der Waals surface area contributed by atoms with Crippen molar-refractivity contribution >= 4 is 17.5 Å². The minimum atomic E-state index is -0.136. The van der Waals surface area contributed by atoms with Crippen molar-refractivity contribution in [2.75, 3.05) is 19.7 Å². The van der Waals surface area contributed by atoms with Crippen molar-refractivity contribution in [1.82, 2.24) is 4.90 Å². The van der Waals surface area contributed by atoms with Gasteiger partial charge in [0, 0.05) is 29.6 Å². The summed E-state index contributed by atoms with van der Waals surface area (Å²) in [5.41, 5.74) is 7.04. The third-order valence-electron chi connectivity index (χ3n) is 4.83. The Balaban J connectivity index is 1.63. The largest absolute Gasteiger partial charge is 0.370 e. The Labute approximate surface area is 136 Å². The molecule has 1 amide bonds. The molecule has 1 aliphatic carbocycles. The van der Waals surface area contributed by atoms with Crippen molar-refractivity contribution in [2.24, 2.45) is 11.7 Å². The van der Waals surface area contributed by atoms with E-state index in [1.807, 2.05) is 29.2 Å². The van der Waals surface area contributed by atoms with Crippen molar-refractivity contribution in [2.45, 2.75) is 37.8 Å². The fourth-order valence-corrected chi connectivity index (χ4v) is 3.73. The number of halogens is 1. The summed E-state index contributed by atoms with van der Waals surface area (Å²) in [5.74, 6) is 0.539. The number of carbonyl (C=O) groups excluding carboxylic acids is 1. The third-order valence-corrected chi connectivity index (χ3v) is 5.17. The summed E-state index contributed by atoms with van der Waals surface area (Å²) in [4.78, 5) is 14.4. The highest BCUT2D eigenvalue weighted by atomic mass is 35.5. The van der Waals surface area contributed by atoms with E-state index in [9.17, 15) is 4.79 Å². The molecule has 1 aromatic rings. The molecule has 2 N–H and O–H groups in total. The summed E-state index contributed by atoms with van der Waals surface area (Å²) in [6.45, 7) is 1.78. The number of morpholine rings is 1. The van der Waals surface area contributed by atoms with Crippen LogP contribution in [-0.2, 0) is 9.53 Å². The van der Waals surface area contributed by atoms with Gasteiger partial charge in [-0.2, -0.15) is 0 Å². The average molecular weight is 323 g/mol. The van der Waals surface area contributed by atoms with Crippen LogP contribution in [0, 0.1) is 5.92 Å². The molecule has 0 aromatic heterocycles. The summed E-state index contributed by atoms with van der Waals surface area (Å²) in [6.07, 6.45) is 3.69. The first-order valence-electron chi connectivity index (χ1n) is 8.04. The molecule has 120 valence electrons. The lowest BCUT2D eigenvalue weighted by Gasteiger charge is -2.34. The number of nitrogens with zero attached hydrogens (tertiary/aromatic N) is 1. The van der Waals surface area contributed by atoms with Crippen LogP contribution in [0.1, 0.15) is 37.4 Å². The standard InChI is InChI=1S/C17H23ClN2O2/c18-14-6-2-1-5-13(14)16-11-20(8-9-22-16)17(21)10-12-4-3-7-15(12)19/h1-2,5-6,12,15-16H,3-4,7-11,19H2/t12-,15+,16?/m0/s1. The van der Waals surface area contributed by atoms with E-state index in [0.29, 0.717) is 37.1 Å². The quantitative estimate of drug-likeness (QED) is 0.931. The molecule has 3 rings (SSSR count). The van der Waals surface area contributed by atoms with E-state index in [-0.39, 0.29) is 18.1 Å². The van der Waals surface area contributed by atoms with E-state index in [1.54, 1.807) is 0 Å². The van der Waals surface area contributed by atoms with Gasteiger partial charge >= 0.3 is 0 Å². The molecular weight excluding hydrogens is 300 g/mol. The highest BCUT2D eigenvalue weighted by molar-refractivity contribution is 6.31. The molecule has 0 bridgehead atoms. The van der Waals surface area contributed by atoms with E-state index in [4.69, 9.17) is 22.1 Å². The van der Waals surface area contributed by atoms with Crippen LogP contribution < -0.4 is 5.73 Å². The molecule has 1 aromatic carbocycles. The van der Waals surface area contributed by atoms with Crippen LogP contribution in [0.4, 0.5) is 0 Å². The SMILES string of the molecule is N[C@@H]1CCC[C@H]1CC(=O)N1CCOC(c2ccccc2Cl)C1. The van der Waals surface area contributed by atoms with Gasteiger partial charge in [0.05, 0.1) is 13.2 Å². The van der Waals surface area contributed by atoms with Gasteiger partial charge in [0.2, 0.25) is 5.91 Å². The second kappa shape index (κ2) is 6.99. The lowest BCUT2D eigenvalue weighted by atomic mass is 9.99. The van der Waals surface area contributed by atoms with Gasteiger partial charge in [-0.05, 0) is 24.8 Å². The molecule has 3 atom stereocenters. The zero-order valence-electron chi connectivity index (χ0n) is 12.7. The monoisotopic (exact) mass is 322 g/mol. The van der Waals surface area contributed by atoms with Crippen LogP contribution >= 0.6 is 11.6 Å². The van der Waals surface area contributed by atoms with Gasteiger partial charge in [-0.15, -0.1) is 0 Å². The number of amides is 1. The zero-order chi connectivity index (χ0) is 15.5. The van der Waals surface area contributed by atoms with Crippen molar-refractivity contribution < 1.29 is 9.53 Å². The molecule has 1 unspecified atom stereocenters. The number of hydrogen-bond donors (Lipinski definition) is 1. The molecule has 0 radical (unpaired) electrons. The predicted molar refractivity (Wildman–Crippen MR) is 86.7 cm³/mol. The lowest BCUT2D eigenvalue weighted by Crippen LogP contribution is -2.43. The van der Waals surface area contributed by atoms with E-state index < -0.39 is 0 Å². The van der Waals surface area contributed by atoms with E-state index in [0.717, 1.165) is 24.8 Å². The first-order chi connectivity index (χ1) is 10.6. The van der Waals surface area contributed by atoms with Gasteiger partial charge in [0.25, 0.3) is 0 Å². The number of nitrogens with two attached hydrogens (primary N) is 1. The minimum Gasteiger partial charge on any atom is -0.370 e. The van der Waals surface area contributed by atoms with Crippen molar-refractivity contribution in [3.8, 4) is 0 Å². The molecule has 5 heteroatoms. The fraction of sp³-hybridized carbons (Fsp3) is 0.588. The smallest absolute Gasteiger partial charge is 0.223 e. The summed E-state index contributed by atoms with van der Waals surface area (Å²) in [7, 11) is 0. The van der Waals surface area contributed by atoms with Crippen molar-refractivity contribution in [3.63, 3.8) is 0 Å². The third kappa shape index (κ3) is 3.45. The van der Waals surface area contributed by atoms with E-state index in [1.165, 1.54) is 0 Å². The van der Waals surface area contributed by atoms with Crippen LogP contribution in [0.5, 0.6) is 0 Å². The lowest BCUT2D eigenvalue weighted by molar-refractivity contribution is -0.140. The van der Waals surface area contributed by atoms with E-state index >= 15 is 0 Å². The molecule has 2 fully saturated rings. The maximum atomic E-state index is 12.5. The van der Waals surface area contributed by atoms with Crippen molar-refractivity contribution in [1.29, 1.82) is 0 Å². The van der Waals surface area contributed by atoms with Crippen molar-refractivity contribution in [3.05, 3.63) is 34.9 Å². The first-order valence-corrected chi connectivity index (χ1v) is 8.42. The van der Waals surface area contributed by atoms with Gasteiger partial charge in [-0.3, -0.25) is 4.79 Å².